The third kappa shape index (κ3) is 3.32. The summed E-state index contributed by atoms with van der Waals surface area (Å²) < 4.78 is 5.58. The second kappa shape index (κ2) is 6.12. The first-order chi connectivity index (χ1) is 10.2. The molecule has 21 heavy (non-hydrogen) atoms. The van der Waals surface area contributed by atoms with Gasteiger partial charge in [-0.1, -0.05) is 53.5 Å². The average Bonchev–Trinajstić information content (AvgIpc) is 2.99. The van der Waals surface area contributed by atoms with Crippen LogP contribution in [0.2, 0.25) is 5.02 Å². The van der Waals surface area contributed by atoms with Gasteiger partial charge in [0.2, 0.25) is 5.89 Å². The molecule has 104 valence electrons. The highest BCUT2D eigenvalue weighted by Crippen LogP contribution is 2.25. The molecule has 0 saturated heterocycles. The SMILES string of the molecule is Cl/C(=C\c1ccccc1)c1nnc(-c2ccc(Cl)cc2)o1. The predicted molar refractivity (Wildman–Crippen MR) is 84.9 cm³/mol. The second-order valence-electron chi connectivity index (χ2n) is 4.32. The Morgan fingerprint density at radius 3 is 2.38 bits per heavy atom. The quantitative estimate of drug-likeness (QED) is 0.672. The molecule has 0 aliphatic rings. The Morgan fingerprint density at radius 1 is 0.952 bits per heavy atom. The van der Waals surface area contributed by atoms with Crippen molar-refractivity contribution >= 4 is 34.3 Å². The van der Waals surface area contributed by atoms with Crippen LogP contribution in [0.3, 0.4) is 0 Å². The summed E-state index contributed by atoms with van der Waals surface area (Å²) in [4.78, 5) is 0. The lowest BCUT2D eigenvalue weighted by Crippen LogP contribution is -1.78. The standard InChI is InChI=1S/C16H10Cl2N2O/c17-13-8-6-12(7-9-13)15-19-20-16(21-15)14(18)10-11-4-2-1-3-5-11/h1-10H/b14-10-. The number of aromatic nitrogens is 2. The van der Waals surface area contributed by atoms with Crippen LogP contribution in [0.1, 0.15) is 11.5 Å². The summed E-state index contributed by atoms with van der Waals surface area (Å²) in [6.07, 6.45) is 1.78. The molecular formula is C16H10Cl2N2O. The van der Waals surface area contributed by atoms with Crippen molar-refractivity contribution in [1.82, 2.24) is 10.2 Å². The minimum atomic E-state index is 0.283. The zero-order chi connectivity index (χ0) is 14.7. The number of nitrogens with zero attached hydrogens (tertiary/aromatic N) is 2. The van der Waals surface area contributed by atoms with E-state index in [-0.39, 0.29) is 5.89 Å². The normalized spacial score (nSPS) is 11.6. The maximum Gasteiger partial charge on any atom is 0.259 e. The van der Waals surface area contributed by atoms with E-state index in [0.29, 0.717) is 15.9 Å². The molecule has 0 N–H and O–H groups in total. The van der Waals surface area contributed by atoms with E-state index in [1.54, 1.807) is 18.2 Å². The molecule has 0 spiro atoms. The Morgan fingerprint density at radius 2 is 1.67 bits per heavy atom. The summed E-state index contributed by atoms with van der Waals surface area (Å²) in [5, 5.41) is 9.01. The maximum atomic E-state index is 6.21. The molecule has 0 fully saturated rings. The summed E-state index contributed by atoms with van der Waals surface area (Å²) >= 11 is 12.1. The first kappa shape index (κ1) is 13.9. The van der Waals surface area contributed by atoms with Crippen LogP contribution in [0.15, 0.2) is 59.0 Å². The Labute approximate surface area is 131 Å². The van der Waals surface area contributed by atoms with Crippen LogP contribution in [0.5, 0.6) is 0 Å². The molecule has 3 rings (SSSR count). The van der Waals surface area contributed by atoms with Gasteiger partial charge in [-0.05, 0) is 35.9 Å². The minimum absolute atomic E-state index is 0.283. The molecule has 5 heteroatoms. The first-order valence-electron chi connectivity index (χ1n) is 6.24. The zero-order valence-corrected chi connectivity index (χ0v) is 12.3. The fraction of sp³-hybridized carbons (Fsp3) is 0. The van der Waals surface area contributed by atoms with Crippen molar-refractivity contribution in [2.45, 2.75) is 0 Å². The summed E-state index contributed by atoms with van der Waals surface area (Å²) in [7, 11) is 0. The Hall–Kier alpha value is -2.10. The zero-order valence-electron chi connectivity index (χ0n) is 10.8. The van der Waals surface area contributed by atoms with Crippen LogP contribution >= 0.6 is 23.2 Å². The van der Waals surface area contributed by atoms with E-state index in [2.05, 4.69) is 10.2 Å². The van der Waals surface area contributed by atoms with E-state index < -0.39 is 0 Å². The monoisotopic (exact) mass is 316 g/mol. The molecule has 1 heterocycles. The van der Waals surface area contributed by atoms with Crippen LogP contribution in [0.25, 0.3) is 22.6 Å². The van der Waals surface area contributed by atoms with Gasteiger partial charge in [0.1, 0.15) is 5.03 Å². The molecule has 0 aliphatic heterocycles. The number of hydrogen-bond donors (Lipinski definition) is 0. The van der Waals surface area contributed by atoms with Gasteiger partial charge in [-0.3, -0.25) is 0 Å². The van der Waals surface area contributed by atoms with Gasteiger partial charge in [-0.15, -0.1) is 10.2 Å². The molecule has 1 aromatic heterocycles. The van der Waals surface area contributed by atoms with Crippen molar-refractivity contribution in [2.75, 3.05) is 0 Å². The van der Waals surface area contributed by atoms with Crippen molar-refractivity contribution in [3.05, 3.63) is 71.1 Å². The highest BCUT2D eigenvalue weighted by Gasteiger charge is 2.11. The summed E-state index contributed by atoms with van der Waals surface area (Å²) in [5.41, 5.74) is 1.76. The van der Waals surface area contributed by atoms with Gasteiger partial charge in [-0.2, -0.15) is 0 Å². The van der Waals surface area contributed by atoms with Gasteiger partial charge in [0, 0.05) is 10.6 Å². The van der Waals surface area contributed by atoms with Crippen LogP contribution < -0.4 is 0 Å². The molecule has 0 amide bonds. The molecular weight excluding hydrogens is 307 g/mol. The average molecular weight is 317 g/mol. The van der Waals surface area contributed by atoms with Crippen LogP contribution in [-0.4, -0.2) is 10.2 Å². The molecule has 0 radical (unpaired) electrons. The van der Waals surface area contributed by atoms with Gasteiger partial charge >= 0.3 is 0 Å². The summed E-state index contributed by atoms with van der Waals surface area (Å²) in [6, 6.07) is 16.9. The first-order valence-corrected chi connectivity index (χ1v) is 7.00. The van der Waals surface area contributed by atoms with E-state index in [0.717, 1.165) is 11.1 Å². The lowest BCUT2D eigenvalue weighted by atomic mass is 10.2. The van der Waals surface area contributed by atoms with E-state index in [9.17, 15) is 0 Å². The lowest BCUT2D eigenvalue weighted by molar-refractivity contribution is 0.556. The highest BCUT2D eigenvalue weighted by molar-refractivity contribution is 6.50. The van der Waals surface area contributed by atoms with Gasteiger partial charge in [-0.25, -0.2) is 0 Å². The van der Waals surface area contributed by atoms with E-state index in [4.69, 9.17) is 27.6 Å². The maximum absolute atomic E-state index is 6.21. The van der Waals surface area contributed by atoms with Crippen molar-refractivity contribution in [3.63, 3.8) is 0 Å². The van der Waals surface area contributed by atoms with Crippen molar-refractivity contribution in [2.24, 2.45) is 0 Å². The molecule has 2 aromatic carbocycles. The number of hydrogen-bond acceptors (Lipinski definition) is 3. The smallest absolute Gasteiger partial charge is 0.259 e. The number of rotatable bonds is 3. The number of benzene rings is 2. The molecule has 3 nitrogen and oxygen atoms in total. The predicted octanol–water partition coefficient (Wildman–Crippen LogP) is 5.13. The van der Waals surface area contributed by atoms with Crippen molar-refractivity contribution in [3.8, 4) is 11.5 Å². The second-order valence-corrected chi connectivity index (χ2v) is 5.17. The highest BCUT2D eigenvalue weighted by atomic mass is 35.5. The Kier molecular flexibility index (Phi) is 4.04. The van der Waals surface area contributed by atoms with Gasteiger partial charge in [0.25, 0.3) is 5.89 Å². The third-order valence-electron chi connectivity index (χ3n) is 2.81. The third-order valence-corrected chi connectivity index (χ3v) is 3.34. The topological polar surface area (TPSA) is 38.9 Å². The fourth-order valence-electron chi connectivity index (χ4n) is 1.79. The molecule has 0 saturated carbocycles. The summed E-state index contributed by atoms with van der Waals surface area (Å²) in [5.74, 6) is 0.687. The molecule has 0 bridgehead atoms. The number of halogens is 2. The van der Waals surface area contributed by atoms with Gasteiger partial charge in [0.05, 0.1) is 0 Å². The van der Waals surface area contributed by atoms with Crippen LogP contribution in [-0.2, 0) is 0 Å². The molecule has 0 aliphatic carbocycles. The van der Waals surface area contributed by atoms with Gasteiger partial charge < -0.3 is 4.42 Å². The van der Waals surface area contributed by atoms with E-state index in [1.807, 2.05) is 42.5 Å². The Balaban J connectivity index is 1.88. The lowest BCUT2D eigenvalue weighted by Gasteiger charge is -1.95. The Bertz CT molecular complexity index is 764. The largest absolute Gasteiger partial charge is 0.415 e. The fourth-order valence-corrected chi connectivity index (χ4v) is 2.11. The molecule has 0 unspecified atom stereocenters. The molecule has 3 aromatic rings. The van der Waals surface area contributed by atoms with E-state index >= 15 is 0 Å². The van der Waals surface area contributed by atoms with Crippen molar-refractivity contribution < 1.29 is 4.42 Å². The summed E-state index contributed by atoms with van der Waals surface area (Å²) in [6.45, 7) is 0. The van der Waals surface area contributed by atoms with Gasteiger partial charge in [0.15, 0.2) is 0 Å². The van der Waals surface area contributed by atoms with Crippen LogP contribution in [0.4, 0.5) is 0 Å². The van der Waals surface area contributed by atoms with E-state index in [1.165, 1.54) is 0 Å². The van der Waals surface area contributed by atoms with Crippen LogP contribution in [0, 0.1) is 0 Å². The van der Waals surface area contributed by atoms with Crippen molar-refractivity contribution in [1.29, 1.82) is 0 Å². The molecule has 0 atom stereocenters. The minimum Gasteiger partial charge on any atom is -0.415 e.